The minimum atomic E-state index is 1.36. The summed E-state index contributed by atoms with van der Waals surface area (Å²) in [5.74, 6) is 0. The predicted molar refractivity (Wildman–Crippen MR) is 39.6 cm³/mol. The van der Waals surface area contributed by atoms with E-state index in [9.17, 15) is 0 Å². The van der Waals surface area contributed by atoms with Crippen LogP contribution in [0.3, 0.4) is 0 Å². The normalized spacial score (nSPS) is 10.0. The number of unbranched alkanes of at least 4 members (excludes halogenated alkanes) is 3. The van der Waals surface area contributed by atoms with Gasteiger partial charge in [0.05, 0.1) is 0 Å². The summed E-state index contributed by atoms with van der Waals surface area (Å²) in [6.45, 7) is 0. The molecule has 0 heterocycles. The zero-order chi connectivity index (χ0) is 6.24. The van der Waals surface area contributed by atoms with E-state index in [1.165, 1.54) is 35.9 Å². The van der Waals surface area contributed by atoms with E-state index in [0.717, 1.165) is 0 Å². The standard InChI is InChI=1S/C6H12.2Li/c1-3-5-6-4-2;;/h1-6H2;;. The van der Waals surface area contributed by atoms with Gasteiger partial charge in [-0.15, -0.1) is 0 Å². The molecule has 0 unspecified atom stereocenters. The van der Waals surface area contributed by atoms with E-state index in [-0.39, 0.29) is 0 Å². The van der Waals surface area contributed by atoms with Crippen molar-refractivity contribution in [3.63, 3.8) is 0 Å². The molecule has 0 aliphatic heterocycles. The van der Waals surface area contributed by atoms with Crippen molar-refractivity contribution in [2.24, 2.45) is 0 Å². The van der Waals surface area contributed by atoms with Crippen LogP contribution in [0, 0.1) is 0 Å². The van der Waals surface area contributed by atoms with Crippen LogP contribution in [-0.4, -0.2) is 35.4 Å². The second-order valence-corrected chi connectivity index (χ2v) is 2.41. The molecular weight excluding hydrogens is 85.9 g/mol. The summed E-state index contributed by atoms with van der Waals surface area (Å²) in [6.07, 6.45) is 5.76. The van der Waals surface area contributed by atoms with E-state index in [4.69, 9.17) is 0 Å². The van der Waals surface area contributed by atoms with E-state index >= 15 is 0 Å². The second kappa shape index (κ2) is 8.19. The van der Waals surface area contributed by atoms with E-state index in [1.54, 1.807) is 0 Å². The Labute approximate surface area is 71.2 Å². The van der Waals surface area contributed by atoms with Gasteiger partial charge in [0.15, 0.2) is 0 Å². The summed E-state index contributed by atoms with van der Waals surface area (Å²) in [5.41, 5.74) is 0. The first-order valence-corrected chi connectivity index (χ1v) is 3.91. The molecule has 0 aromatic heterocycles. The van der Waals surface area contributed by atoms with Crippen molar-refractivity contribution in [2.75, 3.05) is 0 Å². The zero-order valence-corrected chi connectivity index (χ0v) is 6.24. The first kappa shape index (κ1) is 9.19. The first-order valence-electron chi connectivity index (χ1n) is 3.91. The summed E-state index contributed by atoms with van der Waals surface area (Å²) in [6, 6.07) is 0. The van der Waals surface area contributed by atoms with Crippen LogP contribution in [-0.2, 0) is 0 Å². The first-order chi connectivity index (χ1) is 3.91. The summed E-state index contributed by atoms with van der Waals surface area (Å²) in [5, 5.41) is 2.73. The molecule has 8 heavy (non-hydrogen) atoms. The van der Waals surface area contributed by atoms with Crippen molar-refractivity contribution < 1.29 is 0 Å². The third-order valence-electron chi connectivity index (χ3n) is 1.46. The van der Waals surface area contributed by atoms with Crippen LogP contribution in [0.15, 0.2) is 0 Å². The minimum absolute atomic E-state index is 1.36. The molecule has 0 fully saturated rings. The molecule has 0 bridgehead atoms. The maximum atomic E-state index is 2.26. The van der Waals surface area contributed by atoms with Gasteiger partial charge in [0.25, 0.3) is 0 Å². The van der Waals surface area contributed by atoms with Crippen LogP contribution in [0.4, 0.5) is 0 Å². The molecule has 0 nitrogen and oxygen atoms in total. The molecular formula is C6H12Li2. The van der Waals surface area contributed by atoms with Gasteiger partial charge in [-0.05, 0) is 0 Å². The van der Waals surface area contributed by atoms with Crippen molar-refractivity contribution in [1.29, 1.82) is 0 Å². The monoisotopic (exact) mass is 98.1 g/mol. The van der Waals surface area contributed by atoms with Crippen LogP contribution in [0.5, 0.6) is 0 Å². The quantitative estimate of drug-likeness (QED) is 0.362. The fourth-order valence-corrected chi connectivity index (χ4v) is 0.854. The van der Waals surface area contributed by atoms with E-state index in [2.05, 4.69) is 35.4 Å². The molecule has 0 rings (SSSR count). The van der Waals surface area contributed by atoms with Crippen LogP contribution in [0.1, 0.15) is 25.7 Å². The van der Waals surface area contributed by atoms with Gasteiger partial charge in [0, 0.05) is 0 Å². The summed E-state index contributed by atoms with van der Waals surface area (Å²) in [7, 11) is 0. The van der Waals surface area contributed by atoms with Gasteiger partial charge in [-0.2, -0.15) is 0 Å². The molecule has 38 valence electrons. The summed E-state index contributed by atoms with van der Waals surface area (Å²) in [4.78, 5) is 0. The topological polar surface area (TPSA) is 0 Å². The van der Waals surface area contributed by atoms with E-state index in [1.807, 2.05) is 0 Å². The van der Waals surface area contributed by atoms with E-state index in [0.29, 0.717) is 0 Å². The molecule has 0 spiro atoms. The Morgan fingerprint density at radius 2 is 1.00 bits per heavy atom. The Bertz CT molecular complexity index is 31.5. The van der Waals surface area contributed by atoms with Crippen LogP contribution in [0.2, 0.25) is 10.2 Å². The Morgan fingerprint density at radius 1 is 0.625 bits per heavy atom. The van der Waals surface area contributed by atoms with Crippen LogP contribution in [0.25, 0.3) is 0 Å². The fraction of sp³-hybridized carbons (Fsp3) is 1.00. The van der Waals surface area contributed by atoms with Gasteiger partial charge in [-0.1, -0.05) is 0 Å². The SMILES string of the molecule is [Li][CH2]CCCC[CH2][Li]. The van der Waals surface area contributed by atoms with Gasteiger partial charge in [0.1, 0.15) is 0 Å². The van der Waals surface area contributed by atoms with Gasteiger partial charge < -0.3 is 0 Å². The Balaban J connectivity index is 2.53. The maximum absolute atomic E-state index is 2.26. The zero-order valence-electron chi connectivity index (χ0n) is 6.24. The molecule has 0 saturated heterocycles. The van der Waals surface area contributed by atoms with Gasteiger partial charge >= 0.3 is 71.3 Å². The second-order valence-electron chi connectivity index (χ2n) is 2.41. The molecule has 0 atom stereocenters. The average Bonchev–Trinajstić information content (AvgIpc) is 1.81. The average molecular weight is 98.0 g/mol. The molecule has 0 aromatic carbocycles. The van der Waals surface area contributed by atoms with Crippen molar-refractivity contribution in [3.8, 4) is 0 Å². The molecule has 0 amide bonds. The molecule has 0 saturated carbocycles. The molecule has 0 radical (unpaired) electrons. The van der Waals surface area contributed by atoms with Crippen molar-refractivity contribution in [1.82, 2.24) is 0 Å². The van der Waals surface area contributed by atoms with Gasteiger partial charge in [-0.3, -0.25) is 0 Å². The van der Waals surface area contributed by atoms with Gasteiger partial charge in [0.2, 0.25) is 0 Å². The third kappa shape index (κ3) is 7.19. The Kier molecular flexibility index (Phi) is 9.42. The van der Waals surface area contributed by atoms with Crippen LogP contribution < -0.4 is 0 Å². The summed E-state index contributed by atoms with van der Waals surface area (Å²) >= 11 is 4.51. The van der Waals surface area contributed by atoms with Crippen LogP contribution >= 0.6 is 0 Å². The number of hydrogen-bond donors (Lipinski definition) is 0. The predicted octanol–water partition coefficient (Wildman–Crippen LogP) is 1.72. The number of rotatable bonds is 5. The molecule has 0 N–H and O–H groups in total. The fourth-order valence-electron chi connectivity index (χ4n) is 0.854. The molecule has 0 aliphatic rings. The summed E-state index contributed by atoms with van der Waals surface area (Å²) < 4.78 is 0. The van der Waals surface area contributed by atoms with Crippen molar-refractivity contribution in [3.05, 3.63) is 0 Å². The molecule has 2 heteroatoms. The Hall–Kier alpha value is 1.19. The van der Waals surface area contributed by atoms with E-state index < -0.39 is 0 Å². The molecule has 0 aliphatic carbocycles. The van der Waals surface area contributed by atoms with Gasteiger partial charge in [-0.25, -0.2) is 0 Å². The van der Waals surface area contributed by atoms with Crippen molar-refractivity contribution >= 4 is 35.4 Å². The van der Waals surface area contributed by atoms with Crippen molar-refractivity contribution in [2.45, 2.75) is 35.9 Å². The Morgan fingerprint density at radius 3 is 1.25 bits per heavy atom. The third-order valence-corrected chi connectivity index (χ3v) is 1.46. The number of hydrogen-bond acceptors (Lipinski definition) is 0. The molecule has 0 aromatic rings.